The number of carbonyl (C=O) groups excluding carboxylic acids is 3. The third-order valence-electron chi connectivity index (χ3n) is 4.82. The van der Waals surface area contributed by atoms with Crippen LogP contribution in [0.3, 0.4) is 0 Å². The second-order valence-corrected chi connectivity index (χ2v) is 7.06. The molecule has 0 saturated carbocycles. The monoisotopic (exact) mass is 383 g/mol. The molecule has 0 radical (unpaired) electrons. The van der Waals surface area contributed by atoms with Crippen LogP contribution in [0.5, 0.6) is 11.5 Å². The number of hydrogen-bond acceptors (Lipinski definition) is 7. The third-order valence-corrected chi connectivity index (χ3v) is 4.82. The summed E-state index contributed by atoms with van der Waals surface area (Å²) in [6, 6.07) is 7.13. The molecule has 0 bridgehead atoms. The number of nitrogens with zero attached hydrogens (tertiary/aromatic N) is 1. The maximum absolute atomic E-state index is 12.8. The molecule has 7 nitrogen and oxygen atoms in total. The highest BCUT2D eigenvalue weighted by Gasteiger charge is 2.34. The number of ether oxygens (including phenoxy) is 1. The number of ketones is 2. The van der Waals surface area contributed by atoms with Crippen molar-refractivity contribution in [1.29, 1.82) is 0 Å². The van der Waals surface area contributed by atoms with E-state index in [1.165, 1.54) is 30.3 Å². The fourth-order valence-electron chi connectivity index (χ4n) is 3.02. The van der Waals surface area contributed by atoms with Crippen LogP contribution in [0.25, 0.3) is 0 Å². The third kappa shape index (κ3) is 3.48. The van der Waals surface area contributed by atoms with E-state index in [4.69, 9.17) is 4.74 Å². The van der Waals surface area contributed by atoms with Gasteiger partial charge in [-0.3, -0.25) is 19.3 Å². The fourth-order valence-corrected chi connectivity index (χ4v) is 3.02. The molecule has 2 N–H and O–H groups in total. The van der Waals surface area contributed by atoms with Crippen molar-refractivity contribution in [3.63, 3.8) is 0 Å². The van der Waals surface area contributed by atoms with E-state index in [0.717, 1.165) is 0 Å². The summed E-state index contributed by atoms with van der Waals surface area (Å²) in [4.78, 5) is 39.2. The van der Waals surface area contributed by atoms with Crippen molar-refractivity contribution in [2.24, 2.45) is 0 Å². The van der Waals surface area contributed by atoms with Crippen molar-refractivity contribution in [3.05, 3.63) is 58.1 Å². The molecule has 0 amide bonds. The molecule has 1 aliphatic rings. The van der Waals surface area contributed by atoms with Gasteiger partial charge in [0.1, 0.15) is 18.1 Å². The summed E-state index contributed by atoms with van der Waals surface area (Å²) >= 11 is 0. The Morgan fingerprint density at radius 2 is 1.71 bits per heavy atom. The predicted molar refractivity (Wildman–Crippen MR) is 101 cm³/mol. The van der Waals surface area contributed by atoms with Gasteiger partial charge in [0.25, 0.3) is 0 Å². The number of benzene rings is 2. The molecule has 2 aromatic carbocycles. The molecular weight excluding hydrogens is 362 g/mol. The molecule has 146 valence electrons. The lowest BCUT2D eigenvalue weighted by molar-refractivity contribution is -0.146. The van der Waals surface area contributed by atoms with E-state index in [9.17, 15) is 24.6 Å². The standard InChI is InChI=1S/C21H21NO6/c1-11(2)22(3)9-17(25)28-10-12-7-14-19(16(24)8-12)21(27)18-13(20(14)26)5-4-6-15(18)23/h4-8,11,23-24H,9-10H2,1-3H3. The normalized spacial score (nSPS) is 12.9. The highest BCUT2D eigenvalue weighted by atomic mass is 16.5. The van der Waals surface area contributed by atoms with Gasteiger partial charge in [-0.2, -0.15) is 0 Å². The minimum absolute atomic E-state index is 0.0217. The molecule has 2 aromatic rings. The molecule has 3 rings (SSSR count). The smallest absolute Gasteiger partial charge is 0.320 e. The van der Waals surface area contributed by atoms with Crippen LogP contribution in [0.15, 0.2) is 30.3 Å². The number of likely N-dealkylation sites (N-methyl/N-ethyl adjacent to an activating group) is 1. The Balaban J connectivity index is 1.87. The van der Waals surface area contributed by atoms with Crippen LogP contribution in [0.1, 0.15) is 51.3 Å². The number of esters is 1. The van der Waals surface area contributed by atoms with Crippen molar-refractivity contribution >= 4 is 17.5 Å². The summed E-state index contributed by atoms with van der Waals surface area (Å²) in [7, 11) is 1.80. The van der Waals surface area contributed by atoms with E-state index in [-0.39, 0.29) is 47.2 Å². The second kappa shape index (κ2) is 7.44. The number of fused-ring (bicyclic) bond motifs is 2. The largest absolute Gasteiger partial charge is 0.507 e. The van der Waals surface area contributed by atoms with Gasteiger partial charge in [-0.15, -0.1) is 0 Å². The first kappa shape index (κ1) is 19.6. The van der Waals surface area contributed by atoms with E-state index >= 15 is 0 Å². The van der Waals surface area contributed by atoms with Gasteiger partial charge in [0, 0.05) is 17.2 Å². The van der Waals surface area contributed by atoms with Crippen LogP contribution < -0.4 is 0 Å². The zero-order valence-electron chi connectivity index (χ0n) is 15.9. The van der Waals surface area contributed by atoms with Crippen LogP contribution in [0.2, 0.25) is 0 Å². The van der Waals surface area contributed by atoms with Crippen LogP contribution in [-0.4, -0.2) is 52.3 Å². The highest BCUT2D eigenvalue weighted by molar-refractivity contribution is 6.30. The first-order valence-electron chi connectivity index (χ1n) is 8.83. The van der Waals surface area contributed by atoms with E-state index in [1.54, 1.807) is 7.05 Å². The van der Waals surface area contributed by atoms with Crippen molar-refractivity contribution in [1.82, 2.24) is 4.90 Å². The van der Waals surface area contributed by atoms with Gasteiger partial charge < -0.3 is 14.9 Å². The molecule has 0 aliphatic heterocycles. The maximum atomic E-state index is 12.8. The molecule has 1 aliphatic carbocycles. The Kier molecular flexibility index (Phi) is 5.20. The number of phenolic OH excluding ortho intramolecular Hbond substituents is 2. The maximum Gasteiger partial charge on any atom is 0.320 e. The average Bonchev–Trinajstić information content (AvgIpc) is 2.63. The molecule has 0 saturated heterocycles. The summed E-state index contributed by atoms with van der Waals surface area (Å²) in [6.07, 6.45) is 0. The number of phenols is 2. The summed E-state index contributed by atoms with van der Waals surface area (Å²) < 4.78 is 5.22. The van der Waals surface area contributed by atoms with Gasteiger partial charge in [0.2, 0.25) is 5.78 Å². The van der Waals surface area contributed by atoms with Gasteiger partial charge in [0.15, 0.2) is 5.78 Å². The summed E-state index contributed by atoms with van der Waals surface area (Å²) in [5.74, 6) is -2.25. The average molecular weight is 383 g/mol. The lowest BCUT2D eigenvalue weighted by Gasteiger charge is -2.21. The topological polar surface area (TPSA) is 104 Å². The number of hydrogen-bond donors (Lipinski definition) is 2. The van der Waals surface area contributed by atoms with E-state index in [0.29, 0.717) is 5.56 Å². The number of carbonyl (C=O) groups is 3. The summed E-state index contributed by atoms with van der Waals surface area (Å²) in [6.45, 7) is 3.87. The van der Waals surface area contributed by atoms with Crippen molar-refractivity contribution in [3.8, 4) is 11.5 Å². The molecule has 0 heterocycles. The highest BCUT2D eigenvalue weighted by Crippen LogP contribution is 2.37. The van der Waals surface area contributed by atoms with Crippen molar-refractivity contribution in [2.75, 3.05) is 13.6 Å². The van der Waals surface area contributed by atoms with Crippen molar-refractivity contribution < 1.29 is 29.3 Å². The van der Waals surface area contributed by atoms with Crippen LogP contribution in [0, 0.1) is 0 Å². The minimum atomic E-state index is -0.623. The zero-order chi connectivity index (χ0) is 20.6. The Labute approximate surface area is 162 Å². The predicted octanol–water partition coefficient (Wildman–Crippen LogP) is 2.26. The van der Waals surface area contributed by atoms with Gasteiger partial charge in [-0.05, 0) is 44.7 Å². The second-order valence-electron chi connectivity index (χ2n) is 7.06. The molecule has 0 atom stereocenters. The first-order valence-corrected chi connectivity index (χ1v) is 8.83. The van der Waals surface area contributed by atoms with E-state index in [1.807, 2.05) is 18.7 Å². The van der Waals surface area contributed by atoms with Gasteiger partial charge >= 0.3 is 5.97 Å². The summed E-state index contributed by atoms with van der Waals surface area (Å²) in [5.41, 5.74) is 0.208. The van der Waals surface area contributed by atoms with Gasteiger partial charge in [-0.25, -0.2) is 0 Å². The molecule has 0 unspecified atom stereocenters. The number of aromatic hydroxyl groups is 2. The minimum Gasteiger partial charge on any atom is -0.507 e. The number of rotatable bonds is 5. The van der Waals surface area contributed by atoms with E-state index in [2.05, 4.69) is 0 Å². The van der Waals surface area contributed by atoms with E-state index < -0.39 is 23.3 Å². The van der Waals surface area contributed by atoms with Crippen LogP contribution in [0.4, 0.5) is 0 Å². The quantitative estimate of drug-likeness (QED) is 0.651. The lowest BCUT2D eigenvalue weighted by atomic mass is 9.82. The molecule has 7 heteroatoms. The lowest BCUT2D eigenvalue weighted by Crippen LogP contribution is -2.32. The SMILES string of the molecule is CC(C)N(C)CC(=O)OCc1cc(O)c2c(c1)C(=O)c1cccc(O)c1C2=O. The molecule has 0 fully saturated rings. The van der Waals surface area contributed by atoms with Gasteiger partial charge in [0.05, 0.1) is 17.7 Å². The van der Waals surface area contributed by atoms with Gasteiger partial charge in [-0.1, -0.05) is 12.1 Å². The zero-order valence-corrected chi connectivity index (χ0v) is 15.9. The Morgan fingerprint density at radius 3 is 2.39 bits per heavy atom. The fraction of sp³-hybridized carbons (Fsp3) is 0.286. The molecular formula is C21H21NO6. The Morgan fingerprint density at radius 1 is 1.04 bits per heavy atom. The Bertz CT molecular complexity index is 979. The molecule has 0 aromatic heterocycles. The first-order chi connectivity index (χ1) is 13.2. The summed E-state index contributed by atoms with van der Waals surface area (Å²) in [5, 5.41) is 20.3. The molecule has 28 heavy (non-hydrogen) atoms. The van der Waals surface area contributed by atoms with Crippen LogP contribution in [-0.2, 0) is 16.1 Å². The Hall–Kier alpha value is -3.19. The van der Waals surface area contributed by atoms with Crippen molar-refractivity contribution in [2.45, 2.75) is 26.5 Å². The van der Waals surface area contributed by atoms with Crippen LogP contribution >= 0.6 is 0 Å². The molecule has 0 spiro atoms.